The van der Waals surface area contributed by atoms with Crippen molar-refractivity contribution in [1.82, 2.24) is 10.3 Å². The number of cyclic esters (lactones) is 1. The third-order valence-corrected chi connectivity index (χ3v) is 2.91. The molecule has 1 aromatic carbocycles. The summed E-state index contributed by atoms with van der Waals surface area (Å²) >= 11 is 0. The Morgan fingerprint density at radius 3 is 3.00 bits per heavy atom. The molecule has 0 saturated carbocycles. The van der Waals surface area contributed by atoms with E-state index in [1.165, 1.54) is 5.39 Å². The first kappa shape index (κ1) is 11.8. The number of aromatic nitrogens is 1. The van der Waals surface area contributed by atoms with Crippen molar-refractivity contribution in [1.29, 1.82) is 0 Å². The minimum absolute atomic E-state index is 0. The van der Waals surface area contributed by atoms with E-state index in [9.17, 15) is 4.79 Å². The highest BCUT2D eigenvalue weighted by Gasteiger charge is 2.20. The number of rotatable bonds is 1. The van der Waals surface area contributed by atoms with Crippen LogP contribution in [0.4, 0.5) is 4.79 Å². The van der Waals surface area contributed by atoms with Gasteiger partial charge in [0.2, 0.25) is 0 Å². The monoisotopic (exact) mass is 252 g/mol. The molecule has 1 aliphatic rings. The first-order chi connectivity index (χ1) is 7.83. The number of benzene rings is 1. The van der Waals surface area contributed by atoms with Gasteiger partial charge in [-0.05, 0) is 29.1 Å². The number of aromatic amines is 1. The molecule has 1 aromatic heterocycles. The van der Waals surface area contributed by atoms with Crippen LogP contribution in [0.3, 0.4) is 0 Å². The van der Waals surface area contributed by atoms with Gasteiger partial charge in [-0.3, -0.25) is 0 Å². The van der Waals surface area contributed by atoms with Crippen LogP contribution in [0, 0.1) is 0 Å². The Balaban J connectivity index is 0.00000108. The number of carbonyl (C=O) groups is 1. The molecule has 17 heavy (non-hydrogen) atoms. The number of hydrogen-bond donors (Lipinski definition) is 2. The van der Waals surface area contributed by atoms with Crippen LogP contribution in [0.2, 0.25) is 0 Å². The molecular weight excluding hydrogens is 240 g/mol. The van der Waals surface area contributed by atoms with Crippen molar-refractivity contribution < 1.29 is 9.53 Å². The number of alkyl carbamates (subject to hydrolysis) is 1. The number of fused-ring (bicyclic) bond motifs is 1. The molecule has 1 aliphatic heterocycles. The van der Waals surface area contributed by atoms with Gasteiger partial charge in [0.15, 0.2) is 0 Å². The molecule has 2 aromatic rings. The Kier molecular flexibility index (Phi) is 3.24. The molecule has 0 bridgehead atoms. The van der Waals surface area contributed by atoms with Gasteiger partial charge in [0.25, 0.3) is 0 Å². The van der Waals surface area contributed by atoms with E-state index in [0.29, 0.717) is 6.61 Å². The molecule has 5 heteroatoms. The Morgan fingerprint density at radius 1 is 1.29 bits per heavy atom. The normalized spacial score (nSPS) is 19.3. The summed E-state index contributed by atoms with van der Waals surface area (Å²) in [5.74, 6) is 0. The van der Waals surface area contributed by atoms with Gasteiger partial charge in [-0.2, -0.15) is 0 Å². The van der Waals surface area contributed by atoms with Crippen LogP contribution in [-0.4, -0.2) is 17.7 Å². The van der Waals surface area contributed by atoms with E-state index in [4.69, 9.17) is 4.74 Å². The summed E-state index contributed by atoms with van der Waals surface area (Å²) in [5, 5.41) is 3.98. The molecular formula is C12H13ClN2O2. The third-order valence-electron chi connectivity index (χ3n) is 2.91. The van der Waals surface area contributed by atoms with E-state index >= 15 is 0 Å². The second-order valence-electron chi connectivity index (χ2n) is 3.95. The standard InChI is InChI=1S/C12H12N2O2.ClH/c15-12-14-11(4-6-16-12)8-1-2-10-9(7-8)3-5-13-10;/h1-3,5,7,11,13H,4,6H2,(H,14,15);1H/t11-;/m1./s1. The molecule has 0 unspecified atom stereocenters. The number of halogens is 1. The maximum Gasteiger partial charge on any atom is 0.407 e. The Labute approximate surface area is 105 Å². The fourth-order valence-electron chi connectivity index (χ4n) is 2.06. The second-order valence-corrected chi connectivity index (χ2v) is 3.95. The zero-order valence-corrected chi connectivity index (χ0v) is 9.92. The molecule has 2 heterocycles. The van der Waals surface area contributed by atoms with Crippen LogP contribution in [0.5, 0.6) is 0 Å². The molecule has 0 spiro atoms. The van der Waals surface area contributed by atoms with Crippen LogP contribution >= 0.6 is 12.4 Å². The van der Waals surface area contributed by atoms with Gasteiger partial charge in [0.05, 0.1) is 12.6 Å². The van der Waals surface area contributed by atoms with Gasteiger partial charge in [-0.1, -0.05) is 6.07 Å². The van der Waals surface area contributed by atoms with Gasteiger partial charge in [-0.25, -0.2) is 4.79 Å². The quantitative estimate of drug-likeness (QED) is 0.820. The van der Waals surface area contributed by atoms with Crippen molar-refractivity contribution in [2.45, 2.75) is 12.5 Å². The fraction of sp³-hybridized carbons (Fsp3) is 0.250. The Morgan fingerprint density at radius 2 is 2.18 bits per heavy atom. The van der Waals surface area contributed by atoms with E-state index in [1.54, 1.807) is 0 Å². The molecule has 1 atom stereocenters. The third kappa shape index (κ3) is 2.22. The van der Waals surface area contributed by atoms with Crippen LogP contribution in [-0.2, 0) is 4.74 Å². The smallest absolute Gasteiger partial charge is 0.407 e. The summed E-state index contributed by atoms with van der Waals surface area (Å²) in [6, 6.07) is 8.27. The molecule has 1 fully saturated rings. The van der Waals surface area contributed by atoms with Crippen LogP contribution in [0.1, 0.15) is 18.0 Å². The maximum atomic E-state index is 11.1. The lowest BCUT2D eigenvalue weighted by Gasteiger charge is -2.23. The fourth-order valence-corrected chi connectivity index (χ4v) is 2.06. The summed E-state index contributed by atoms with van der Waals surface area (Å²) in [7, 11) is 0. The lowest BCUT2D eigenvalue weighted by Crippen LogP contribution is -2.35. The predicted molar refractivity (Wildman–Crippen MR) is 67.4 cm³/mol. The average Bonchev–Trinajstić information content (AvgIpc) is 2.75. The predicted octanol–water partition coefficient (Wildman–Crippen LogP) is 2.76. The van der Waals surface area contributed by atoms with E-state index in [-0.39, 0.29) is 24.5 Å². The molecule has 0 aliphatic carbocycles. The summed E-state index contributed by atoms with van der Waals surface area (Å²) in [4.78, 5) is 14.3. The minimum atomic E-state index is -0.328. The molecule has 2 N–H and O–H groups in total. The number of ether oxygens (including phenoxy) is 1. The summed E-state index contributed by atoms with van der Waals surface area (Å²) in [6.07, 6.45) is 2.41. The first-order valence-electron chi connectivity index (χ1n) is 5.33. The minimum Gasteiger partial charge on any atom is -0.449 e. The van der Waals surface area contributed by atoms with Crippen molar-refractivity contribution in [2.75, 3.05) is 6.61 Å². The maximum absolute atomic E-state index is 11.1. The number of amides is 1. The Hall–Kier alpha value is -1.68. The Bertz CT molecular complexity index is 538. The lowest BCUT2D eigenvalue weighted by molar-refractivity contribution is 0.115. The van der Waals surface area contributed by atoms with Crippen LogP contribution < -0.4 is 5.32 Å². The van der Waals surface area contributed by atoms with Gasteiger partial charge >= 0.3 is 6.09 Å². The number of hydrogen-bond acceptors (Lipinski definition) is 2. The van der Waals surface area contributed by atoms with E-state index < -0.39 is 0 Å². The highest BCUT2D eigenvalue weighted by Crippen LogP contribution is 2.23. The van der Waals surface area contributed by atoms with Crippen molar-refractivity contribution in [3.05, 3.63) is 36.0 Å². The SMILES string of the molecule is Cl.O=C1N[C@@H](c2ccc3[nH]ccc3c2)CCO1. The molecule has 3 rings (SSSR count). The summed E-state index contributed by atoms with van der Waals surface area (Å²) in [6.45, 7) is 0.488. The van der Waals surface area contributed by atoms with E-state index in [2.05, 4.69) is 16.4 Å². The lowest BCUT2D eigenvalue weighted by atomic mass is 10.0. The topological polar surface area (TPSA) is 54.1 Å². The molecule has 90 valence electrons. The van der Waals surface area contributed by atoms with Gasteiger partial charge in [0, 0.05) is 18.1 Å². The van der Waals surface area contributed by atoms with Gasteiger partial charge < -0.3 is 15.0 Å². The molecule has 1 amide bonds. The molecule has 0 radical (unpaired) electrons. The van der Waals surface area contributed by atoms with Crippen molar-refractivity contribution in [2.24, 2.45) is 0 Å². The van der Waals surface area contributed by atoms with Crippen LogP contribution in [0.15, 0.2) is 30.5 Å². The van der Waals surface area contributed by atoms with Crippen molar-refractivity contribution in [3.63, 3.8) is 0 Å². The highest BCUT2D eigenvalue weighted by molar-refractivity contribution is 5.85. The zero-order chi connectivity index (χ0) is 11.0. The number of carbonyl (C=O) groups excluding carboxylic acids is 1. The van der Waals surface area contributed by atoms with Crippen molar-refractivity contribution >= 4 is 29.4 Å². The van der Waals surface area contributed by atoms with Crippen molar-refractivity contribution in [3.8, 4) is 0 Å². The first-order valence-corrected chi connectivity index (χ1v) is 5.33. The van der Waals surface area contributed by atoms with E-state index in [1.807, 2.05) is 24.4 Å². The van der Waals surface area contributed by atoms with Crippen LogP contribution in [0.25, 0.3) is 10.9 Å². The number of H-pyrrole nitrogens is 1. The second kappa shape index (κ2) is 4.67. The zero-order valence-electron chi connectivity index (χ0n) is 9.10. The average molecular weight is 253 g/mol. The van der Waals surface area contributed by atoms with Gasteiger partial charge in [0.1, 0.15) is 0 Å². The largest absolute Gasteiger partial charge is 0.449 e. The summed E-state index contributed by atoms with van der Waals surface area (Å²) < 4.78 is 4.85. The van der Waals surface area contributed by atoms with E-state index in [0.717, 1.165) is 17.5 Å². The molecule has 4 nitrogen and oxygen atoms in total. The highest BCUT2D eigenvalue weighted by atomic mass is 35.5. The number of nitrogens with one attached hydrogen (secondary N) is 2. The van der Waals surface area contributed by atoms with Gasteiger partial charge in [-0.15, -0.1) is 12.4 Å². The summed E-state index contributed by atoms with van der Waals surface area (Å²) in [5.41, 5.74) is 2.24. The molecule has 1 saturated heterocycles.